The van der Waals surface area contributed by atoms with Crippen LogP contribution in [0, 0.1) is 17.1 Å². The summed E-state index contributed by atoms with van der Waals surface area (Å²) < 4.78 is 18.1. The van der Waals surface area contributed by atoms with Crippen LogP contribution in [0.5, 0.6) is 0 Å². The molecule has 2 rings (SSSR count). The molecule has 1 heterocycles. The Hall–Kier alpha value is -2.09. The molecule has 1 N–H and O–H groups in total. The van der Waals surface area contributed by atoms with E-state index in [4.69, 9.17) is 10.00 Å². The zero-order valence-corrected chi connectivity index (χ0v) is 9.73. The maximum atomic E-state index is 13.1. The molecule has 4 nitrogen and oxygen atoms in total. The van der Waals surface area contributed by atoms with Crippen molar-refractivity contribution in [2.45, 2.75) is 31.4 Å². The molecule has 1 aromatic carbocycles. The molecule has 18 heavy (non-hydrogen) atoms. The largest absolute Gasteiger partial charge is 0.444 e. The Balaban J connectivity index is 2.02. The molecule has 0 aliphatic carbocycles. The van der Waals surface area contributed by atoms with Crippen LogP contribution >= 0.6 is 0 Å². The molecule has 0 bridgehead atoms. The third-order valence-electron chi connectivity index (χ3n) is 2.90. The second-order valence-electron chi connectivity index (χ2n) is 4.23. The van der Waals surface area contributed by atoms with E-state index in [1.54, 1.807) is 12.1 Å². The average Bonchev–Trinajstić information content (AvgIpc) is 2.67. The van der Waals surface area contributed by atoms with Crippen molar-refractivity contribution in [2.24, 2.45) is 0 Å². The lowest BCUT2D eigenvalue weighted by atomic mass is 9.99. The molecule has 1 aromatic rings. The van der Waals surface area contributed by atoms with Crippen LogP contribution in [0.15, 0.2) is 24.3 Å². The minimum Gasteiger partial charge on any atom is -0.444 e. The predicted octanol–water partition coefficient (Wildman–Crippen LogP) is 2.15. The normalized spacial score (nSPS) is 22.1. The lowest BCUT2D eigenvalue weighted by molar-refractivity contribution is 0.127. The first-order chi connectivity index (χ1) is 8.69. The Labute approximate surface area is 104 Å². The van der Waals surface area contributed by atoms with Gasteiger partial charge in [0.05, 0.1) is 12.1 Å². The first-order valence-corrected chi connectivity index (χ1v) is 5.77. The summed E-state index contributed by atoms with van der Waals surface area (Å²) in [6.07, 6.45) is 0.536. The summed E-state index contributed by atoms with van der Waals surface area (Å²) >= 11 is 0. The maximum absolute atomic E-state index is 13.1. The van der Waals surface area contributed by atoms with E-state index >= 15 is 0 Å². The number of nitriles is 1. The van der Waals surface area contributed by atoms with Crippen molar-refractivity contribution >= 4 is 6.09 Å². The molecule has 1 amide bonds. The Morgan fingerprint density at radius 1 is 1.50 bits per heavy atom. The number of rotatable bonds is 4. The number of ether oxygens (including phenoxy) is 1. The van der Waals surface area contributed by atoms with Crippen LogP contribution in [-0.2, 0) is 11.2 Å². The summed E-state index contributed by atoms with van der Waals surface area (Å²) in [5, 5.41) is 11.2. The third-order valence-corrected chi connectivity index (χ3v) is 2.90. The molecule has 0 saturated carbocycles. The molecule has 94 valence electrons. The van der Waals surface area contributed by atoms with Crippen LogP contribution in [0.4, 0.5) is 9.18 Å². The van der Waals surface area contributed by atoms with Crippen LogP contribution in [0.2, 0.25) is 0 Å². The van der Waals surface area contributed by atoms with E-state index in [-0.39, 0.29) is 18.0 Å². The topological polar surface area (TPSA) is 62.1 Å². The molecule has 0 aromatic heterocycles. The van der Waals surface area contributed by atoms with Gasteiger partial charge >= 0.3 is 6.09 Å². The van der Waals surface area contributed by atoms with Gasteiger partial charge < -0.3 is 10.1 Å². The van der Waals surface area contributed by atoms with Crippen molar-refractivity contribution < 1.29 is 13.9 Å². The molecular formula is C13H13FN2O2. The molecule has 0 spiro atoms. The zero-order chi connectivity index (χ0) is 13.0. The number of hydrogen-bond donors (Lipinski definition) is 1. The summed E-state index contributed by atoms with van der Waals surface area (Å²) in [5.41, 5.74) is 0.799. The fraction of sp³-hybridized carbons (Fsp3) is 0.385. The standard InChI is InChI=1S/C13H13FN2O2/c14-10-4-1-3-9(7-10)8-11-12(5-2-6-15)18-13(17)16-11/h1,3-4,7,11-12H,2,5,8H2,(H,16,17)/t11-,12-/m0/s1. The Bertz CT molecular complexity index is 484. The number of alkyl carbamates (subject to hydrolysis) is 1. The number of hydrogen-bond acceptors (Lipinski definition) is 3. The lowest BCUT2D eigenvalue weighted by Crippen LogP contribution is -2.33. The second-order valence-corrected chi connectivity index (χ2v) is 4.23. The summed E-state index contributed by atoms with van der Waals surface area (Å²) in [5.74, 6) is -0.300. The highest BCUT2D eigenvalue weighted by atomic mass is 19.1. The molecule has 5 heteroatoms. The number of nitrogens with zero attached hydrogens (tertiary/aromatic N) is 1. The van der Waals surface area contributed by atoms with Crippen molar-refractivity contribution in [3.63, 3.8) is 0 Å². The monoisotopic (exact) mass is 248 g/mol. The number of nitrogens with one attached hydrogen (secondary N) is 1. The quantitative estimate of drug-likeness (QED) is 0.888. The minimum atomic E-state index is -0.473. The number of cyclic esters (lactones) is 1. The van der Waals surface area contributed by atoms with E-state index in [0.29, 0.717) is 19.3 Å². The van der Waals surface area contributed by atoms with Crippen molar-refractivity contribution in [1.82, 2.24) is 5.32 Å². The number of carbonyl (C=O) groups excluding carboxylic acids is 1. The van der Waals surface area contributed by atoms with Gasteiger partial charge in [-0.05, 0) is 30.5 Å². The number of benzene rings is 1. The van der Waals surface area contributed by atoms with Crippen molar-refractivity contribution in [2.75, 3.05) is 0 Å². The Kier molecular flexibility index (Phi) is 3.78. The zero-order valence-electron chi connectivity index (χ0n) is 9.73. The second kappa shape index (κ2) is 5.50. The van der Waals surface area contributed by atoms with Gasteiger partial charge in [0.2, 0.25) is 0 Å². The van der Waals surface area contributed by atoms with Crippen LogP contribution in [-0.4, -0.2) is 18.2 Å². The smallest absolute Gasteiger partial charge is 0.407 e. The lowest BCUT2D eigenvalue weighted by Gasteiger charge is -2.15. The van der Waals surface area contributed by atoms with E-state index < -0.39 is 6.09 Å². The number of amides is 1. The van der Waals surface area contributed by atoms with Crippen LogP contribution in [0.3, 0.4) is 0 Å². The van der Waals surface area contributed by atoms with Crippen LogP contribution in [0.25, 0.3) is 0 Å². The number of halogens is 1. The maximum Gasteiger partial charge on any atom is 0.407 e. The van der Waals surface area contributed by atoms with Gasteiger partial charge in [0.25, 0.3) is 0 Å². The van der Waals surface area contributed by atoms with Gasteiger partial charge in [-0.1, -0.05) is 12.1 Å². The molecule has 0 radical (unpaired) electrons. The first kappa shape index (κ1) is 12.4. The van der Waals surface area contributed by atoms with Crippen molar-refractivity contribution in [3.8, 4) is 6.07 Å². The molecule has 1 aliphatic heterocycles. The molecule has 1 saturated heterocycles. The molecule has 1 fully saturated rings. The average molecular weight is 248 g/mol. The molecular weight excluding hydrogens is 235 g/mol. The predicted molar refractivity (Wildman–Crippen MR) is 62.1 cm³/mol. The van der Waals surface area contributed by atoms with Gasteiger partial charge in [-0.15, -0.1) is 0 Å². The van der Waals surface area contributed by atoms with E-state index in [9.17, 15) is 9.18 Å². The van der Waals surface area contributed by atoms with Gasteiger partial charge in [0.15, 0.2) is 0 Å². The van der Waals surface area contributed by atoms with Crippen LogP contribution in [0.1, 0.15) is 18.4 Å². The number of carbonyl (C=O) groups is 1. The highest BCUT2D eigenvalue weighted by molar-refractivity contribution is 5.70. The summed E-state index contributed by atoms with van der Waals surface area (Å²) in [7, 11) is 0. The highest BCUT2D eigenvalue weighted by Crippen LogP contribution is 2.18. The van der Waals surface area contributed by atoms with E-state index in [0.717, 1.165) is 5.56 Å². The highest BCUT2D eigenvalue weighted by Gasteiger charge is 2.33. The summed E-state index contributed by atoms with van der Waals surface area (Å²) in [4.78, 5) is 11.2. The van der Waals surface area contributed by atoms with E-state index in [1.807, 2.05) is 6.07 Å². The Morgan fingerprint density at radius 2 is 2.33 bits per heavy atom. The van der Waals surface area contributed by atoms with Gasteiger partial charge in [0.1, 0.15) is 11.9 Å². The van der Waals surface area contributed by atoms with Gasteiger partial charge in [-0.2, -0.15) is 5.26 Å². The van der Waals surface area contributed by atoms with Crippen molar-refractivity contribution in [3.05, 3.63) is 35.6 Å². The minimum absolute atomic E-state index is 0.201. The first-order valence-electron chi connectivity index (χ1n) is 5.77. The fourth-order valence-corrected chi connectivity index (χ4v) is 2.07. The third kappa shape index (κ3) is 2.98. The van der Waals surface area contributed by atoms with Crippen molar-refractivity contribution in [1.29, 1.82) is 5.26 Å². The van der Waals surface area contributed by atoms with Crippen LogP contribution < -0.4 is 5.32 Å². The van der Waals surface area contributed by atoms with E-state index in [1.165, 1.54) is 12.1 Å². The van der Waals surface area contributed by atoms with Gasteiger partial charge in [0, 0.05) is 6.42 Å². The fourth-order valence-electron chi connectivity index (χ4n) is 2.07. The Morgan fingerprint density at radius 3 is 3.06 bits per heavy atom. The molecule has 0 unspecified atom stereocenters. The molecule has 1 aliphatic rings. The summed E-state index contributed by atoms with van der Waals surface area (Å²) in [6, 6.07) is 8.07. The SMILES string of the molecule is N#CCC[C@@H]1OC(=O)N[C@H]1Cc1cccc(F)c1. The van der Waals surface area contributed by atoms with Gasteiger partial charge in [-0.3, -0.25) is 0 Å². The van der Waals surface area contributed by atoms with Gasteiger partial charge in [-0.25, -0.2) is 9.18 Å². The summed E-state index contributed by atoms with van der Waals surface area (Å²) in [6.45, 7) is 0. The molecule has 2 atom stereocenters. The van der Waals surface area contributed by atoms with E-state index in [2.05, 4.69) is 5.32 Å².